The Labute approximate surface area is 336 Å². The van der Waals surface area contributed by atoms with E-state index in [1.54, 1.807) is 0 Å². The number of rotatable bonds is 41. The molecule has 0 aromatic heterocycles. The molecular weight excluding hydrogens is 713 g/mol. The summed E-state index contributed by atoms with van der Waals surface area (Å²) in [5.41, 5.74) is 5.35. The van der Waals surface area contributed by atoms with E-state index < -0.39 is 32.5 Å². The van der Waals surface area contributed by atoms with Crippen LogP contribution < -0.4 is 5.73 Å². The molecule has 55 heavy (non-hydrogen) atoms. The van der Waals surface area contributed by atoms with E-state index in [0.29, 0.717) is 12.8 Å². The molecule has 320 valence electrons. The first kappa shape index (κ1) is 53.0. The third-order valence-corrected chi connectivity index (χ3v) is 10.2. The van der Waals surface area contributed by atoms with Crippen LogP contribution in [-0.4, -0.2) is 49.3 Å². The smallest absolute Gasteiger partial charge is 0.462 e. The van der Waals surface area contributed by atoms with Crippen LogP contribution in [0.15, 0.2) is 48.6 Å². The van der Waals surface area contributed by atoms with Crippen molar-refractivity contribution in [1.29, 1.82) is 0 Å². The topological polar surface area (TPSA) is 134 Å². The van der Waals surface area contributed by atoms with Crippen LogP contribution in [0.5, 0.6) is 0 Å². The maximum absolute atomic E-state index is 12.6. The molecule has 3 N–H and O–H groups in total. The van der Waals surface area contributed by atoms with Gasteiger partial charge in [-0.25, -0.2) is 4.57 Å². The quantitative estimate of drug-likeness (QED) is 0.0268. The SMILES string of the molecule is CCCCCC=CCC=CCCCCCCCCCCCC(=O)O[C@H](COC(=O)CCCCCCCC=CCC=CCCCCC)COP(=O)(O)OCCN. The van der Waals surface area contributed by atoms with Crippen molar-refractivity contribution in [1.82, 2.24) is 0 Å². The highest BCUT2D eigenvalue weighted by Crippen LogP contribution is 2.43. The number of carbonyl (C=O) groups is 2. The number of phosphoric acid groups is 1. The molecule has 0 saturated carbocycles. The maximum atomic E-state index is 12.6. The van der Waals surface area contributed by atoms with Crippen LogP contribution in [0.4, 0.5) is 0 Å². The Balaban J connectivity index is 4.16. The first-order valence-electron chi connectivity index (χ1n) is 22.1. The van der Waals surface area contributed by atoms with Gasteiger partial charge in [-0.2, -0.15) is 0 Å². The number of nitrogens with two attached hydrogens (primary N) is 1. The van der Waals surface area contributed by atoms with Crippen LogP contribution in [0.3, 0.4) is 0 Å². The fourth-order valence-corrected chi connectivity index (χ4v) is 6.64. The van der Waals surface area contributed by atoms with E-state index in [0.717, 1.165) is 70.6 Å². The number of ether oxygens (including phenoxy) is 2. The molecule has 0 saturated heterocycles. The van der Waals surface area contributed by atoms with Crippen molar-refractivity contribution in [3.8, 4) is 0 Å². The number of hydrogen-bond acceptors (Lipinski definition) is 8. The number of carbonyl (C=O) groups excluding carboxylic acids is 2. The Morgan fingerprint density at radius 3 is 1.38 bits per heavy atom. The van der Waals surface area contributed by atoms with Crippen LogP contribution in [-0.2, 0) is 32.7 Å². The van der Waals surface area contributed by atoms with Crippen molar-refractivity contribution in [2.45, 2.75) is 200 Å². The van der Waals surface area contributed by atoms with Crippen LogP contribution in [0.2, 0.25) is 0 Å². The van der Waals surface area contributed by atoms with Crippen LogP contribution in [0.1, 0.15) is 194 Å². The molecule has 0 radical (unpaired) electrons. The average Bonchev–Trinajstić information content (AvgIpc) is 3.17. The van der Waals surface area contributed by atoms with Crippen molar-refractivity contribution in [3.05, 3.63) is 48.6 Å². The standard InChI is InChI=1S/C45H82NO8P/c1-3-5-7-9-11-13-15-17-19-20-21-22-24-26-28-30-32-34-36-38-45(48)54-43(42-53-55(49,50)52-40-39-46)41-51-44(47)37-35-33-31-29-27-25-23-18-16-14-12-10-8-6-4-2/h11-14,17-19,23,43H,3-10,15-16,20-22,24-42,46H2,1-2H3,(H,49,50)/t43-/m1/s1. The molecule has 0 spiro atoms. The highest BCUT2D eigenvalue weighted by molar-refractivity contribution is 7.47. The van der Waals surface area contributed by atoms with E-state index in [-0.39, 0.29) is 32.6 Å². The fourth-order valence-electron chi connectivity index (χ4n) is 5.87. The average molecular weight is 796 g/mol. The second-order valence-corrected chi connectivity index (χ2v) is 16.0. The van der Waals surface area contributed by atoms with E-state index in [1.165, 1.54) is 83.5 Å². The Morgan fingerprint density at radius 2 is 0.945 bits per heavy atom. The molecule has 0 aromatic rings. The van der Waals surface area contributed by atoms with Gasteiger partial charge in [-0.3, -0.25) is 18.6 Å². The van der Waals surface area contributed by atoms with Gasteiger partial charge in [0.25, 0.3) is 0 Å². The lowest BCUT2D eigenvalue weighted by atomic mass is 10.1. The summed E-state index contributed by atoms with van der Waals surface area (Å²) < 4.78 is 32.8. The highest BCUT2D eigenvalue weighted by atomic mass is 31.2. The molecule has 0 rings (SSSR count). The second kappa shape index (κ2) is 41.6. The number of esters is 2. The first-order chi connectivity index (χ1) is 26.8. The second-order valence-electron chi connectivity index (χ2n) is 14.6. The van der Waals surface area contributed by atoms with Crippen LogP contribution in [0, 0.1) is 0 Å². The Kier molecular flexibility index (Phi) is 40.1. The molecular formula is C45H82NO8P. The predicted octanol–water partition coefficient (Wildman–Crippen LogP) is 12.7. The summed E-state index contributed by atoms with van der Waals surface area (Å²) in [5.74, 6) is -0.849. The van der Waals surface area contributed by atoms with Crippen molar-refractivity contribution < 1.29 is 37.6 Å². The van der Waals surface area contributed by atoms with Gasteiger partial charge < -0.3 is 20.1 Å². The minimum Gasteiger partial charge on any atom is -0.462 e. The van der Waals surface area contributed by atoms with Crippen LogP contribution in [0.25, 0.3) is 0 Å². The molecule has 0 fully saturated rings. The monoisotopic (exact) mass is 796 g/mol. The lowest BCUT2D eigenvalue weighted by Crippen LogP contribution is -2.29. The van der Waals surface area contributed by atoms with Crippen LogP contribution >= 0.6 is 7.82 Å². The largest absolute Gasteiger partial charge is 0.472 e. The first-order valence-corrected chi connectivity index (χ1v) is 23.6. The molecule has 0 aliphatic carbocycles. The molecule has 0 bridgehead atoms. The van der Waals surface area contributed by atoms with Gasteiger partial charge in [0.1, 0.15) is 6.61 Å². The molecule has 10 heteroatoms. The fraction of sp³-hybridized carbons (Fsp3) is 0.778. The summed E-state index contributed by atoms with van der Waals surface area (Å²) in [7, 11) is -4.38. The zero-order valence-electron chi connectivity index (χ0n) is 35.2. The predicted molar refractivity (Wildman–Crippen MR) is 229 cm³/mol. The van der Waals surface area contributed by atoms with Gasteiger partial charge in [-0.1, -0.05) is 152 Å². The summed E-state index contributed by atoms with van der Waals surface area (Å²) in [5, 5.41) is 0. The van der Waals surface area contributed by atoms with E-state index in [2.05, 4.69) is 62.5 Å². The maximum Gasteiger partial charge on any atom is 0.472 e. The van der Waals surface area contributed by atoms with Gasteiger partial charge >= 0.3 is 19.8 Å². The van der Waals surface area contributed by atoms with Gasteiger partial charge in [-0.15, -0.1) is 0 Å². The molecule has 2 atom stereocenters. The Bertz CT molecular complexity index is 1040. The zero-order chi connectivity index (χ0) is 40.3. The molecule has 0 aliphatic heterocycles. The summed E-state index contributed by atoms with van der Waals surface area (Å²) in [6.45, 7) is 3.66. The Hall–Kier alpha value is -2.03. The summed E-state index contributed by atoms with van der Waals surface area (Å²) >= 11 is 0. The highest BCUT2D eigenvalue weighted by Gasteiger charge is 2.26. The third-order valence-electron chi connectivity index (χ3n) is 9.19. The van der Waals surface area contributed by atoms with Gasteiger partial charge in [0, 0.05) is 19.4 Å². The van der Waals surface area contributed by atoms with Gasteiger partial charge in [-0.05, 0) is 77.0 Å². The number of phosphoric ester groups is 1. The van der Waals surface area contributed by atoms with Gasteiger partial charge in [0.2, 0.25) is 0 Å². The van der Waals surface area contributed by atoms with Crippen molar-refractivity contribution in [2.75, 3.05) is 26.4 Å². The van der Waals surface area contributed by atoms with Crippen molar-refractivity contribution >= 4 is 19.8 Å². The van der Waals surface area contributed by atoms with Crippen molar-refractivity contribution in [2.24, 2.45) is 5.73 Å². The molecule has 0 aliphatic rings. The molecule has 0 amide bonds. The molecule has 1 unspecified atom stereocenters. The Morgan fingerprint density at radius 1 is 0.545 bits per heavy atom. The molecule has 9 nitrogen and oxygen atoms in total. The summed E-state index contributed by atoms with van der Waals surface area (Å²) in [4.78, 5) is 34.9. The van der Waals surface area contributed by atoms with Crippen molar-refractivity contribution in [3.63, 3.8) is 0 Å². The minimum atomic E-state index is -4.38. The van der Waals surface area contributed by atoms with E-state index in [1.807, 2.05) is 0 Å². The number of unbranched alkanes of at least 4 members (excludes halogenated alkanes) is 20. The number of hydrogen-bond donors (Lipinski definition) is 2. The van der Waals surface area contributed by atoms with Gasteiger partial charge in [0.15, 0.2) is 6.10 Å². The third kappa shape index (κ3) is 41.4. The zero-order valence-corrected chi connectivity index (χ0v) is 36.0. The minimum absolute atomic E-state index is 0.0493. The molecule has 0 heterocycles. The van der Waals surface area contributed by atoms with E-state index >= 15 is 0 Å². The van der Waals surface area contributed by atoms with E-state index in [4.69, 9.17) is 24.3 Å². The summed E-state index contributed by atoms with van der Waals surface area (Å²) in [6.07, 6.45) is 47.0. The lowest BCUT2D eigenvalue weighted by molar-refractivity contribution is -0.161. The normalized spacial score (nSPS) is 13.7. The summed E-state index contributed by atoms with van der Waals surface area (Å²) in [6, 6.07) is 0. The van der Waals surface area contributed by atoms with Gasteiger partial charge in [0.05, 0.1) is 13.2 Å². The van der Waals surface area contributed by atoms with E-state index in [9.17, 15) is 19.0 Å². The number of allylic oxidation sites excluding steroid dienone is 8. The molecule has 0 aromatic carbocycles. The lowest BCUT2D eigenvalue weighted by Gasteiger charge is -2.19.